The van der Waals surface area contributed by atoms with Crippen LogP contribution in [0.1, 0.15) is 58.6 Å². The molecule has 1 aliphatic heterocycles. The van der Waals surface area contributed by atoms with E-state index in [1.165, 1.54) is 0 Å². The van der Waals surface area contributed by atoms with Gasteiger partial charge in [0.25, 0.3) is 5.91 Å². The molecule has 2 aliphatic rings. The lowest BCUT2D eigenvalue weighted by molar-refractivity contribution is -0.130. The molecule has 2 heterocycles. The van der Waals surface area contributed by atoms with Gasteiger partial charge in [-0.05, 0) is 69.9 Å². The Hall–Kier alpha value is -2.89. The molecule has 152 valence electrons. The number of benzene rings is 1. The molecule has 6 nitrogen and oxygen atoms in total. The van der Waals surface area contributed by atoms with Crippen molar-refractivity contribution in [2.24, 2.45) is 0 Å². The smallest absolute Gasteiger partial charge is 0.323 e. The zero-order valence-electron chi connectivity index (χ0n) is 17.5. The Morgan fingerprint density at radius 2 is 1.62 bits per heavy atom. The summed E-state index contributed by atoms with van der Waals surface area (Å²) in [6.07, 6.45) is 3.16. The maximum absolute atomic E-state index is 13.1. The molecule has 2 aromatic rings. The Morgan fingerprint density at radius 1 is 1.00 bits per heavy atom. The third-order valence-corrected chi connectivity index (χ3v) is 6.20. The number of rotatable bonds is 4. The van der Waals surface area contributed by atoms with Crippen molar-refractivity contribution in [3.8, 4) is 5.69 Å². The summed E-state index contributed by atoms with van der Waals surface area (Å²) in [6, 6.07) is 7.68. The summed E-state index contributed by atoms with van der Waals surface area (Å²) >= 11 is 0. The second kappa shape index (κ2) is 6.87. The van der Waals surface area contributed by atoms with E-state index in [0.29, 0.717) is 18.4 Å². The standard InChI is InChI=1S/C23H27N3O3/c1-14-9-15(2)11-18(10-14)26-16(3)12-19(17(26)4)20(27)13-25-21(28)23(24-22(25)29)7-5-6-8-23/h9-12H,5-8,13H2,1-4H3,(H,24,29). The average Bonchev–Trinajstić information content (AvgIpc) is 3.28. The van der Waals surface area contributed by atoms with Gasteiger partial charge in [-0.15, -0.1) is 0 Å². The van der Waals surface area contributed by atoms with E-state index in [-0.39, 0.29) is 18.2 Å². The van der Waals surface area contributed by atoms with E-state index in [2.05, 4.69) is 28.1 Å². The molecule has 0 unspecified atom stereocenters. The largest absolute Gasteiger partial charge is 0.325 e. The van der Waals surface area contributed by atoms with E-state index in [1.807, 2.05) is 33.8 Å². The van der Waals surface area contributed by atoms with E-state index in [9.17, 15) is 14.4 Å². The van der Waals surface area contributed by atoms with E-state index in [1.54, 1.807) is 0 Å². The summed E-state index contributed by atoms with van der Waals surface area (Å²) in [5, 5.41) is 2.84. The van der Waals surface area contributed by atoms with Gasteiger partial charge in [0.1, 0.15) is 5.54 Å². The molecule has 1 N–H and O–H groups in total. The number of aromatic nitrogens is 1. The fourth-order valence-electron chi connectivity index (χ4n) is 4.89. The number of amides is 3. The Balaban J connectivity index is 1.62. The van der Waals surface area contributed by atoms with E-state index in [4.69, 9.17) is 0 Å². The van der Waals surface area contributed by atoms with E-state index >= 15 is 0 Å². The number of hydrogen-bond donors (Lipinski definition) is 1. The molecular formula is C23H27N3O3. The molecule has 0 bridgehead atoms. The van der Waals surface area contributed by atoms with Crippen LogP contribution in [-0.4, -0.2) is 39.3 Å². The van der Waals surface area contributed by atoms with Gasteiger partial charge in [-0.25, -0.2) is 4.79 Å². The highest BCUT2D eigenvalue weighted by atomic mass is 16.2. The van der Waals surface area contributed by atoms with Crippen LogP contribution in [-0.2, 0) is 4.79 Å². The highest BCUT2D eigenvalue weighted by Crippen LogP contribution is 2.35. The number of ketones is 1. The fraction of sp³-hybridized carbons (Fsp3) is 0.435. The molecule has 29 heavy (non-hydrogen) atoms. The Kier molecular flexibility index (Phi) is 4.60. The van der Waals surface area contributed by atoms with Gasteiger partial charge in [-0.3, -0.25) is 14.5 Å². The summed E-state index contributed by atoms with van der Waals surface area (Å²) in [6.45, 7) is 7.74. The molecule has 2 fully saturated rings. The first-order chi connectivity index (χ1) is 13.7. The topological polar surface area (TPSA) is 71.4 Å². The quantitative estimate of drug-likeness (QED) is 0.635. The van der Waals surface area contributed by atoms with E-state index in [0.717, 1.165) is 45.9 Å². The van der Waals surface area contributed by atoms with E-state index < -0.39 is 11.6 Å². The third-order valence-electron chi connectivity index (χ3n) is 6.20. The van der Waals surface area contributed by atoms with Crippen LogP contribution < -0.4 is 5.32 Å². The lowest BCUT2D eigenvalue weighted by atomic mass is 9.98. The number of aryl methyl sites for hydroxylation is 3. The molecule has 1 saturated carbocycles. The number of carbonyl (C=O) groups excluding carboxylic acids is 3. The summed E-state index contributed by atoms with van der Waals surface area (Å²) < 4.78 is 2.05. The molecule has 6 heteroatoms. The monoisotopic (exact) mass is 393 g/mol. The molecule has 1 saturated heterocycles. The maximum atomic E-state index is 13.1. The zero-order valence-corrected chi connectivity index (χ0v) is 17.5. The summed E-state index contributed by atoms with van der Waals surface area (Å²) in [5.74, 6) is -0.469. The molecule has 4 rings (SSSR count). The molecular weight excluding hydrogens is 366 g/mol. The van der Waals surface area contributed by atoms with Crippen molar-refractivity contribution in [2.75, 3.05) is 6.54 Å². The van der Waals surface area contributed by atoms with Gasteiger partial charge in [0, 0.05) is 22.6 Å². The maximum Gasteiger partial charge on any atom is 0.325 e. The number of nitrogens with one attached hydrogen (secondary N) is 1. The van der Waals surface area contributed by atoms with Crippen LogP contribution in [0.4, 0.5) is 4.79 Å². The number of carbonyl (C=O) groups is 3. The Labute approximate surface area is 170 Å². The predicted octanol–water partition coefficient (Wildman–Crippen LogP) is 3.76. The first-order valence-corrected chi connectivity index (χ1v) is 10.2. The van der Waals surface area contributed by atoms with Crippen molar-refractivity contribution >= 4 is 17.7 Å². The minimum atomic E-state index is -0.784. The van der Waals surface area contributed by atoms with Crippen molar-refractivity contribution in [2.45, 2.75) is 58.9 Å². The Bertz CT molecular complexity index is 1010. The van der Waals surface area contributed by atoms with Crippen LogP contribution in [0.2, 0.25) is 0 Å². The first kappa shape index (κ1) is 19.4. The van der Waals surface area contributed by atoms with Crippen LogP contribution >= 0.6 is 0 Å². The summed E-state index contributed by atoms with van der Waals surface area (Å²) in [5.41, 5.74) is 4.85. The number of Topliss-reactive ketones (excluding diaryl/α,β-unsaturated/α-hetero) is 1. The van der Waals surface area contributed by atoms with Crippen molar-refractivity contribution in [1.29, 1.82) is 0 Å². The van der Waals surface area contributed by atoms with Crippen molar-refractivity contribution in [3.05, 3.63) is 52.3 Å². The number of hydrogen-bond acceptors (Lipinski definition) is 3. The van der Waals surface area contributed by atoms with Gasteiger partial charge in [0.05, 0.1) is 6.54 Å². The van der Waals surface area contributed by atoms with Gasteiger partial charge in [0.2, 0.25) is 0 Å². The third kappa shape index (κ3) is 3.16. The minimum absolute atomic E-state index is 0.215. The second-order valence-corrected chi connectivity index (χ2v) is 8.50. The van der Waals surface area contributed by atoms with Crippen LogP contribution in [0.3, 0.4) is 0 Å². The average molecular weight is 393 g/mol. The molecule has 1 aromatic carbocycles. The minimum Gasteiger partial charge on any atom is -0.323 e. The van der Waals surface area contributed by atoms with Crippen LogP contribution in [0.5, 0.6) is 0 Å². The van der Waals surface area contributed by atoms with Gasteiger partial charge in [0.15, 0.2) is 5.78 Å². The predicted molar refractivity (Wildman–Crippen MR) is 110 cm³/mol. The lowest BCUT2D eigenvalue weighted by Gasteiger charge is -2.19. The highest BCUT2D eigenvalue weighted by molar-refractivity contribution is 6.11. The first-order valence-electron chi connectivity index (χ1n) is 10.2. The highest BCUT2D eigenvalue weighted by Gasteiger charge is 2.52. The zero-order chi connectivity index (χ0) is 20.9. The fourth-order valence-corrected chi connectivity index (χ4v) is 4.89. The summed E-state index contributed by atoms with van der Waals surface area (Å²) in [7, 11) is 0. The molecule has 3 amide bonds. The number of nitrogens with zero attached hydrogens (tertiary/aromatic N) is 2. The van der Waals surface area contributed by atoms with Crippen molar-refractivity contribution in [3.63, 3.8) is 0 Å². The van der Waals surface area contributed by atoms with Crippen LogP contribution in [0, 0.1) is 27.7 Å². The lowest BCUT2D eigenvalue weighted by Crippen LogP contribution is -2.44. The number of urea groups is 1. The van der Waals surface area contributed by atoms with Crippen molar-refractivity contribution in [1.82, 2.24) is 14.8 Å². The SMILES string of the molecule is Cc1cc(C)cc(-n2c(C)cc(C(=O)CN3C(=O)NC4(CCCC4)C3=O)c2C)c1. The molecule has 1 aromatic heterocycles. The second-order valence-electron chi connectivity index (χ2n) is 8.50. The number of imide groups is 1. The van der Waals surface area contributed by atoms with Gasteiger partial charge < -0.3 is 9.88 Å². The molecule has 0 radical (unpaired) electrons. The molecule has 1 aliphatic carbocycles. The van der Waals surface area contributed by atoms with Gasteiger partial charge in [-0.1, -0.05) is 18.9 Å². The van der Waals surface area contributed by atoms with Crippen LogP contribution in [0.15, 0.2) is 24.3 Å². The summed E-state index contributed by atoms with van der Waals surface area (Å²) in [4.78, 5) is 39.4. The Morgan fingerprint density at radius 3 is 2.24 bits per heavy atom. The molecule has 0 atom stereocenters. The van der Waals surface area contributed by atoms with Gasteiger partial charge >= 0.3 is 6.03 Å². The van der Waals surface area contributed by atoms with Gasteiger partial charge in [-0.2, -0.15) is 0 Å². The van der Waals surface area contributed by atoms with Crippen molar-refractivity contribution < 1.29 is 14.4 Å². The molecule has 1 spiro atoms. The normalized spacial score (nSPS) is 18.0. The van der Waals surface area contributed by atoms with Crippen LogP contribution in [0.25, 0.3) is 5.69 Å².